The van der Waals surface area contributed by atoms with E-state index in [0.29, 0.717) is 0 Å². The summed E-state index contributed by atoms with van der Waals surface area (Å²) < 4.78 is 0. The molecule has 0 bridgehead atoms. The number of hydrogen-bond acceptors (Lipinski definition) is 4. The summed E-state index contributed by atoms with van der Waals surface area (Å²) in [6.07, 6.45) is 1.54. The highest BCUT2D eigenvalue weighted by molar-refractivity contribution is 5.91. The number of nitrogens with one attached hydrogen (secondary N) is 3. The average molecular weight is 460 g/mol. The molecule has 0 spiro atoms. The minimum absolute atomic E-state index is 0.0263. The molecule has 2 amide bonds. The van der Waals surface area contributed by atoms with Crippen molar-refractivity contribution in [2.75, 3.05) is 7.05 Å². The Morgan fingerprint density at radius 1 is 0.909 bits per heavy atom. The number of carboxylic acid groups (broad SMARTS) is 1. The van der Waals surface area contributed by atoms with Crippen LogP contribution in [0.5, 0.6) is 0 Å². The van der Waals surface area contributed by atoms with Crippen molar-refractivity contribution >= 4 is 17.8 Å². The molecule has 0 aliphatic rings. The van der Waals surface area contributed by atoms with Gasteiger partial charge in [0.15, 0.2) is 0 Å². The van der Waals surface area contributed by atoms with E-state index in [1.54, 1.807) is 13.1 Å². The van der Waals surface area contributed by atoms with Crippen molar-refractivity contribution in [1.82, 2.24) is 16.0 Å². The van der Waals surface area contributed by atoms with Crippen LogP contribution in [-0.4, -0.2) is 48.1 Å². The fourth-order valence-corrected chi connectivity index (χ4v) is 3.74. The highest BCUT2D eigenvalue weighted by Crippen LogP contribution is 2.28. The van der Waals surface area contributed by atoms with E-state index >= 15 is 0 Å². The Kier molecular flexibility index (Phi) is 9.85. The molecule has 1 aromatic carbocycles. The van der Waals surface area contributed by atoms with Gasteiger partial charge in [-0.05, 0) is 30.9 Å². The third kappa shape index (κ3) is 7.70. The highest BCUT2D eigenvalue weighted by atomic mass is 16.4. The zero-order valence-corrected chi connectivity index (χ0v) is 21.4. The lowest BCUT2D eigenvalue weighted by Crippen LogP contribution is -2.61. The maximum atomic E-state index is 13.4. The zero-order chi connectivity index (χ0) is 25.6. The van der Waals surface area contributed by atoms with Gasteiger partial charge in [0.05, 0.1) is 12.1 Å². The molecule has 1 aromatic rings. The molecule has 7 nitrogen and oxygen atoms in total. The Morgan fingerprint density at radius 2 is 1.42 bits per heavy atom. The van der Waals surface area contributed by atoms with Crippen LogP contribution < -0.4 is 16.0 Å². The van der Waals surface area contributed by atoms with Gasteiger partial charge >= 0.3 is 5.97 Å². The molecule has 0 aromatic heterocycles. The van der Waals surface area contributed by atoms with E-state index in [-0.39, 0.29) is 23.3 Å². The molecular weight excluding hydrogens is 418 g/mol. The molecule has 0 saturated heterocycles. The van der Waals surface area contributed by atoms with Gasteiger partial charge in [-0.15, -0.1) is 0 Å². The number of rotatable bonds is 10. The van der Waals surface area contributed by atoms with Crippen molar-refractivity contribution in [2.45, 2.75) is 78.9 Å². The van der Waals surface area contributed by atoms with E-state index in [4.69, 9.17) is 0 Å². The van der Waals surface area contributed by atoms with Crippen LogP contribution in [0.1, 0.15) is 61.0 Å². The fraction of sp³-hybridized carbons (Fsp3) is 0.577. The molecule has 1 rings (SSSR count). The van der Waals surface area contributed by atoms with Gasteiger partial charge in [0, 0.05) is 11.0 Å². The van der Waals surface area contributed by atoms with Crippen molar-refractivity contribution in [3.8, 4) is 0 Å². The first-order chi connectivity index (χ1) is 15.1. The van der Waals surface area contributed by atoms with Gasteiger partial charge in [-0.3, -0.25) is 9.59 Å². The second-order valence-corrected chi connectivity index (χ2v) is 10.6. The van der Waals surface area contributed by atoms with E-state index in [1.165, 1.54) is 6.92 Å². The molecule has 3 atom stereocenters. The quantitative estimate of drug-likeness (QED) is 0.402. The van der Waals surface area contributed by atoms with Gasteiger partial charge in [0.1, 0.15) is 6.04 Å². The van der Waals surface area contributed by atoms with Crippen LogP contribution >= 0.6 is 0 Å². The standard InChI is InChI=1S/C26H41N3O4/c1-16(2)19(15-17(3)24(32)33)28-22(30)20(25(4,5)6)29-23(31)21(27-9)26(7,8)18-13-11-10-12-14-18/h10-16,19-21,27H,1-9H3,(H,28,30)(H,29,31)(H,32,33)/b17-15+/t19-,20-,21-/m1/s1. The number of hydrogen-bond donors (Lipinski definition) is 4. The third-order valence-corrected chi connectivity index (χ3v) is 6.00. The molecular formula is C26H41N3O4. The maximum Gasteiger partial charge on any atom is 0.331 e. The summed E-state index contributed by atoms with van der Waals surface area (Å²) in [4.78, 5) is 38.0. The van der Waals surface area contributed by atoms with Crippen LogP contribution in [0.3, 0.4) is 0 Å². The third-order valence-electron chi connectivity index (χ3n) is 6.00. The van der Waals surface area contributed by atoms with Crippen LogP contribution in [0.2, 0.25) is 0 Å². The first-order valence-corrected chi connectivity index (χ1v) is 11.4. The monoisotopic (exact) mass is 459 g/mol. The summed E-state index contributed by atoms with van der Waals surface area (Å²) in [6.45, 7) is 14.9. The topological polar surface area (TPSA) is 108 Å². The van der Waals surface area contributed by atoms with Gasteiger partial charge < -0.3 is 21.1 Å². The Hall–Kier alpha value is -2.67. The number of carbonyl (C=O) groups is 3. The van der Waals surface area contributed by atoms with E-state index in [0.717, 1.165) is 5.56 Å². The molecule has 0 heterocycles. The zero-order valence-electron chi connectivity index (χ0n) is 21.4. The van der Waals surface area contributed by atoms with Crippen LogP contribution in [0.25, 0.3) is 0 Å². The molecule has 33 heavy (non-hydrogen) atoms. The van der Waals surface area contributed by atoms with Gasteiger partial charge in [0.2, 0.25) is 11.8 Å². The average Bonchev–Trinajstić information content (AvgIpc) is 2.71. The first kappa shape index (κ1) is 28.4. The molecule has 4 N–H and O–H groups in total. The Bertz CT molecular complexity index is 854. The number of benzene rings is 1. The van der Waals surface area contributed by atoms with Crippen molar-refractivity contribution < 1.29 is 19.5 Å². The Balaban J connectivity index is 3.18. The molecule has 7 heteroatoms. The molecule has 0 unspecified atom stereocenters. The van der Waals surface area contributed by atoms with Gasteiger partial charge in [-0.25, -0.2) is 4.79 Å². The van der Waals surface area contributed by atoms with Gasteiger partial charge in [-0.2, -0.15) is 0 Å². The molecule has 0 radical (unpaired) electrons. The van der Waals surface area contributed by atoms with Crippen LogP contribution in [0.4, 0.5) is 0 Å². The highest BCUT2D eigenvalue weighted by Gasteiger charge is 2.40. The molecule has 0 saturated carbocycles. The molecule has 0 fully saturated rings. The Morgan fingerprint density at radius 3 is 1.85 bits per heavy atom. The number of aliphatic carboxylic acids is 1. The number of amides is 2. The van der Waals surface area contributed by atoms with E-state index in [9.17, 15) is 19.5 Å². The number of carboxylic acids is 1. The normalized spacial score (nSPS) is 15.5. The van der Waals surface area contributed by atoms with E-state index < -0.39 is 34.9 Å². The second kappa shape index (κ2) is 11.5. The fourth-order valence-electron chi connectivity index (χ4n) is 3.74. The molecule has 0 aliphatic carbocycles. The maximum absolute atomic E-state index is 13.4. The predicted molar refractivity (Wildman–Crippen MR) is 132 cm³/mol. The smallest absolute Gasteiger partial charge is 0.331 e. The van der Waals surface area contributed by atoms with Crippen LogP contribution in [0.15, 0.2) is 42.0 Å². The summed E-state index contributed by atoms with van der Waals surface area (Å²) in [6, 6.07) is 7.90. The van der Waals surface area contributed by atoms with Crippen molar-refractivity contribution in [2.24, 2.45) is 11.3 Å². The first-order valence-electron chi connectivity index (χ1n) is 11.4. The summed E-state index contributed by atoms with van der Waals surface area (Å²) in [7, 11) is 1.73. The summed E-state index contributed by atoms with van der Waals surface area (Å²) in [5, 5.41) is 18.2. The summed E-state index contributed by atoms with van der Waals surface area (Å²) >= 11 is 0. The predicted octanol–water partition coefficient (Wildman–Crippen LogP) is 3.25. The minimum Gasteiger partial charge on any atom is -0.478 e. The van der Waals surface area contributed by atoms with Crippen LogP contribution in [0, 0.1) is 11.3 Å². The molecule has 0 aliphatic heterocycles. The van der Waals surface area contributed by atoms with Crippen molar-refractivity contribution in [1.29, 1.82) is 0 Å². The lowest BCUT2D eigenvalue weighted by molar-refractivity contribution is -0.133. The summed E-state index contributed by atoms with van der Waals surface area (Å²) in [5.74, 6) is -1.69. The second-order valence-electron chi connectivity index (χ2n) is 10.6. The minimum atomic E-state index is -1.03. The lowest BCUT2D eigenvalue weighted by Gasteiger charge is -2.37. The van der Waals surface area contributed by atoms with E-state index in [1.807, 2.05) is 78.8 Å². The van der Waals surface area contributed by atoms with E-state index in [2.05, 4.69) is 16.0 Å². The SMILES string of the molecule is CN[C@H](C(=O)N[C@H](C(=O)N[C@H](/C=C(\C)C(=O)O)C(C)C)C(C)(C)C)C(C)(C)c1ccccc1. The number of likely N-dealkylation sites (N-methyl/N-ethyl adjacent to an activating group) is 1. The van der Waals surface area contributed by atoms with Crippen molar-refractivity contribution in [3.63, 3.8) is 0 Å². The number of carbonyl (C=O) groups excluding carboxylic acids is 2. The van der Waals surface area contributed by atoms with Gasteiger partial charge in [-0.1, -0.05) is 84.9 Å². The van der Waals surface area contributed by atoms with Gasteiger partial charge in [0.25, 0.3) is 0 Å². The summed E-state index contributed by atoms with van der Waals surface area (Å²) in [5.41, 5.74) is 0.0682. The van der Waals surface area contributed by atoms with Crippen molar-refractivity contribution in [3.05, 3.63) is 47.5 Å². The lowest BCUT2D eigenvalue weighted by atomic mass is 9.76. The molecule has 184 valence electrons. The van der Waals surface area contributed by atoms with Crippen LogP contribution in [-0.2, 0) is 19.8 Å². The largest absolute Gasteiger partial charge is 0.478 e. The Labute approximate surface area is 198 Å².